The number of rotatable bonds is 7. The minimum Gasteiger partial charge on any atom is -0.299 e. The van der Waals surface area contributed by atoms with Gasteiger partial charge in [-0.1, -0.05) is 39.2 Å². The molecular weight excluding hydrogens is 268 g/mol. The molecule has 0 spiro atoms. The van der Waals surface area contributed by atoms with Gasteiger partial charge in [0.25, 0.3) is 0 Å². The van der Waals surface area contributed by atoms with Crippen LogP contribution in [-0.4, -0.2) is 19.7 Å². The maximum Gasteiger partial charge on any atom is 0.195 e. The van der Waals surface area contributed by atoms with Crippen LogP contribution in [0.25, 0.3) is 11.5 Å². The molecular formula is C15H22N4S. The maximum atomic E-state index is 5.37. The third kappa shape index (κ3) is 3.54. The molecule has 20 heavy (non-hydrogen) atoms. The molecule has 0 fully saturated rings. The summed E-state index contributed by atoms with van der Waals surface area (Å²) in [5.74, 6) is 1.48. The lowest BCUT2D eigenvalue weighted by molar-refractivity contribution is 0.390. The van der Waals surface area contributed by atoms with Gasteiger partial charge in [0, 0.05) is 12.7 Å². The number of nitrogens with one attached hydrogen (secondary N) is 1. The third-order valence-corrected chi connectivity index (χ3v) is 3.95. The van der Waals surface area contributed by atoms with Crippen molar-refractivity contribution in [2.45, 2.75) is 46.1 Å². The first-order valence-corrected chi connectivity index (χ1v) is 7.73. The molecule has 0 amide bonds. The van der Waals surface area contributed by atoms with E-state index >= 15 is 0 Å². The maximum absolute atomic E-state index is 5.37. The number of aromatic amines is 1. The molecule has 5 heteroatoms. The predicted molar refractivity (Wildman–Crippen MR) is 83.9 cm³/mol. The van der Waals surface area contributed by atoms with E-state index in [1.807, 2.05) is 18.2 Å². The van der Waals surface area contributed by atoms with Gasteiger partial charge in [-0.15, -0.1) is 0 Å². The predicted octanol–water partition coefficient (Wildman–Crippen LogP) is 4.22. The number of pyridine rings is 1. The molecule has 4 nitrogen and oxygen atoms in total. The van der Waals surface area contributed by atoms with Crippen LogP contribution in [0.1, 0.15) is 39.5 Å². The highest BCUT2D eigenvalue weighted by Gasteiger charge is 2.14. The minimum atomic E-state index is 0.640. The van der Waals surface area contributed by atoms with Crippen LogP contribution in [0.3, 0.4) is 0 Å². The molecule has 2 rings (SSSR count). The zero-order valence-corrected chi connectivity index (χ0v) is 13.0. The Morgan fingerprint density at radius 2 is 2.20 bits per heavy atom. The Labute approximate surface area is 125 Å². The molecule has 0 aliphatic rings. The van der Waals surface area contributed by atoms with Gasteiger partial charge in [0.15, 0.2) is 10.6 Å². The number of nitrogens with zero attached hydrogens (tertiary/aromatic N) is 3. The van der Waals surface area contributed by atoms with Crippen molar-refractivity contribution in [3.63, 3.8) is 0 Å². The smallest absolute Gasteiger partial charge is 0.195 e. The largest absolute Gasteiger partial charge is 0.299 e. The molecule has 108 valence electrons. The fourth-order valence-electron chi connectivity index (χ4n) is 2.35. The molecule has 0 aliphatic heterocycles. The van der Waals surface area contributed by atoms with Crippen LogP contribution in [0.4, 0.5) is 0 Å². The number of aromatic nitrogens is 4. The molecule has 0 aliphatic carbocycles. The summed E-state index contributed by atoms with van der Waals surface area (Å²) in [7, 11) is 0. The Morgan fingerprint density at radius 3 is 2.85 bits per heavy atom. The van der Waals surface area contributed by atoms with Crippen LogP contribution >= 0.6 is 12.2 Å². The van der Waals surface area contributed by atoms with Crippen LogP contribution in [0, 0.1) is 10.7 Å². The first-order valence-electron chi connectivity index (χ1n) is 7.32. The van der Waals surface area contributed by atoms with Crippen LogP contribution in [0.2, 0.25) is 0 Å². The van der Waals surface area contributed by atoms with E-state index in [2.05, 4.69) is 33.6 Å². The van der Waals surface area contributed by atoms with Gasteiger partial charge in [0.05, 0.1) is 0 Å². The zero-order chi connectivity index (χ0) is 14.4. The first kappa shape index (κ1) is 14.9. The van der Waals surface area contributed by atoms with Gasteiger partial charge in [-0.25, -0.2) is 0 Å². The summed E-state index contributed by atoms with van der Waals surface area (Å²) in [5, 5.41) is 7.23. The van der Waals surface area contributed by atoms with Gasteiger partial charge in [0.2, 0.25) is 0 Å². The van der Waals surface area contributed by atoms with Crippen molar-refractivity contribution in [1.29, 1.82) is 0 Å². The second-order valence-electron chi connectivity index (χ2n) is 5.09. The lowest BCUT2D eigenvalue weighted by Gasteiger charge is -2.16. The van der Waals surface area contributed by atoms with Crippen molar-refractivity contribution in [2.24, 2.45) is 5.92 Å². The van der Waals surface area contributed by atoms with Gasteiger partial charge in [-0.3, -0.25) is 14.6 Å². The van der Waals surface area contributed by atoms with Crippen LogP contribution in [0.5, 0.6) is 0 Å². The van der Waals surface area contributed by atoms with E-state index in [0.29, 0.717) is 10.7 Å². The summed E-state index contributed by atoms with van der Waals surface area (Å²) in [4.78, 5) is 4.37. The molecule has 2 aromatic rings. The van der Waals surface area contributed by atoms with Crippen LogP contribution in [-0.2, 0) is 6.54 Å². The molecule has 0 radical (unpaired) electrons. The molecule has 0 saturated heterocycles. The quantitative estimate of drug-likeness (QED) is 0.777. The van der Waals surface area contributed by atoms with E-state index in [-0.39, 0.29) is 0 Å². The molecule has 1 atom stereocenters. The summed E-state index contributed by atoms with van der Waals surface area (Å²) in [6.45, 7) is 5.39. The fourth-order valence-corrected chi connectivity index (χ4v) is 2.56. The molecule has 1 N–H and O–H groups in total. The SMILES string of the molecule is CCCCC(CC)Cn1c(-c2ccccn2)n[nH]c1=S. The van der Waals surface area contributed by atoms with Gasteiger partial charge in [0.1, 0.15) is 5.69 Å². The molecule has 0 bridgehead atoms. The van der Waals surface area contributed by atoms with Gasteiger partial charge in [-0.05, 0) is 36.7 Å². The second kappa shape index (κ2) is 7.33. The fraction of sp³-hybridized carbons (Fsp3) is 0.533. The highest BCUT2D eigenvalue weighted by Crippen LogP contribution is 2.20. The average Bonchev–Trinajstić information content (AvgIpc) is 2.85. The minimum absolute atomic E-state index is 0.640. The van der Waals surface area contributed by atoms with E-state index in [0.717, 1.165) is 24.5 Å². The highest BCUT2D eigenvalue weighted by molar-refractivity contribution is 7.71. The van der Waals surface area contributed by atoms with E-state index in [1.165, 1.54) is 19.3 Å². The van der Waals surface area contributed by atoms with E-state index in [4.69, 9.17) is 12.2 Å². The summed E-state index contributed by atoms with van der Waals surface area (Å²) in [6.07, 6.45) is 6.69. The van der Waals surface area contributed by atoms with Crippen molar-refractivity contribution in [1.82, 2.24) is 19.7 Å². The number of hydrogen-bond acceptors (Lipinski definition) is 3. The van der Waals surface area contributed by atoms with Crippen molar-refractivity contribution in [3.8, 4) is 11.5 Å². The Bertz CT molecular complexity index is 573. The lowest BCUT2D eigenvalue weighted by Crippen LogP contribution is -2.12. The van der Waals surface area contributed by atoms with Crippen LogP contribution in [0.15, 0.2) is 24.4 Å². The van der Waals surface area contributed by atoms with Crippen molar-refractivity contribution >= 4 is 12.2 Å². The number of hydrogen-bond donors (Lipinski definition) is 1. The van der Waals surface area contributed by atoms with Crippen molar-refractivity contribution in [2.75, 3.05) is 0 Å². The number of H-pyrrole nitrogens is 1. The second-order valence-corrected chi connectivity index (χ2v) is 5.48. The Balaban J connectivity index is 2.23. The summed E-state index contributed by atoms with van der Waals surface area (Å²) >= 11 is 5.37. The third-order valence-electron chi connectivity index (χ3n) is 3.64. The average molecular weight is 290 g/mol. The monoisotopic (exact) mass is 290 g/mol. The molecule has 1 unspecified atom stereocenters. The van der Waals surface area contributed by atoms with E-state index in [9.17, 15) is 0 Å². The standard InChI is InChI=1S/C15H22N4S/c1-3-5-8-12(4-2)11-19-14(17-18-15(19)20)13-9-6-7-10-16-13/h6-7,9-10,12H,3-5,8,11H2,1-2H3,(H,18,20). The van der Waals surface area contributed by atoms with Gasteiger partial charge in [-0.2, -0.15) is 5.10 Å². The highest BCUT2D eigenvalue weighted by atomic mass is 32.1. The Hall–Kier alpha value is -1.49. The van der Waals surface area contributed by atoms with E-state index < -0.39 is 0 Å². The normalized spacial score (nSPS) is 12.5. The van der Waals surface area contributed by atoms with Crippen molar-refractivity contribution < 1.29 is 0 Å². The lowest BCUT2D eigenvalue weighted by atomic mass is 9.99. The summed E-state index contributed by atoms with van der Waals surface area (Å²) in [6, 6.07) is 5.85. The molecule has 0 aromatic carbocycles. The first-order chi connectivity index (χ1) is 9.76. The zero-order valence-electron chi connectivity index (χ0n) is 12.2. The van der Waals surface area contributed by atoms with Crippen LogP contribution < -0.4 is 0 Å². The molecule has 2 heterocycles. The van der Waals surface area contributed by atoms with E-state index in [1.54, 1.807) is 6.20 Å². The van der Waals surface area contributed by atoms with Gasteiger partial charge >= 0.3 is 0 Å². The topological polar surface area (TPSA) is 46.5 Å². The van der Waals surface area contributed by atoms with Gasteiger partial charge < -0.3 is 0 Å². The Kier molecular flexibility index (Phi) is 5.47. The molecule has 0 saturated carbocycles. The summed E-state index contributed by atoms with van der Waals surface area (Å²) < 4.78 is 2.77. The molecule has 2 aromatic heterocycles. The van der Waals surface area contributed by atoms with Crippen molar-refractivity contribution in [3.05, 3.63) is 29.2 Å². The summed E-state index contributed by atoms with van der Waals surface area (Å²) in [5.41, 5.74) is 0.866. The number of unbranched alkanes of at least 4 members (excludes halogenated alkanes) is 1. The Morgan fingerprint density at radius 1 is 1.35 bits per heavy atom.